The molecule has 120 valence electrons. The number of halogens is 2. The molecule has 0 saturated carbocycles. The van der Waals surface area contributed by atoms with E-state index >= 15 is 0 Å². The predicted octanol–water partition coefficient (Wildman–Crippen LogP) is 3.20. The van der Waals surface area contributed by atoms with Gasteiger partial charge in [0.05, 0.1) is 0 Å². The van der Waals surface area contributed by atoms with Crippen LogP contribution in [0.1, 0.15) is 36.7 Å². The first kappa shape index (κ1) is 17.6. The number of carboxylic acids is 1. The van der Waals surface area contributed by atoms with Crippen LogP contribution in [0.25, 0.3) is 6.08 Å². The van der Waals surface area contributed by atoms with Crippen LogP contribution < -0.4 is 5.32 Å². The third-order valence-electron chi connectivity index (χ3n) is 2.40. The molecule has 0 atom stereocenters. The minimum absolute atomic E-state index is 0.0497. The Balaban J connectivity index is 2.70. The minimum Gasteiger partial charge on any atom is -0.477 e. The van der Waals surface area contributed by atoms with Gasteiger partial charge in [-0.3, -0.25) is 0 Å². The summed E-state index contributed by atoms with van der Waals surface area (Å²) in [6.45, 7) is 5.19. The normalized spacial score (nSPS) is 11.5. The number of ether oxygens (including phenoxy) is 1. The molecule has 0 aromatic heterocycles. The lowest BCUT2D eigenvalue weighted by atomic mass is 10.1. The van der Waals surface area contributed by atoms with E-state index in [1.807, 2.05) is 0 Å². The molecule has 0 aliphatic carbocycles. The number of nitrogens with one attached hydrogen (secondary N) is 1. The summed E-state index contributed by atoms with van der Waals surface area (Å²) >= 11 is 0. The Bertz CT molecular complexity index is 606. The highest BCUT2D eigenvalue weighted by atomic mass is 19.1. The van der Waals surface area contributed by atoms with Gasteiger partial charge in [-0.25, -0.2) is 18.4 Å². The van der Waals surface area contributed by atoms with Crippen molar-refractivity contribution in [1.29, 1.82) is 0 Å². The van der Waals surface area contributed by atoms with Gasteiger partial charge in [0.15, 0.2) is 0 Å². The zero-order valence-electron chi connectivity index (χ0n) is 12.4. The molecule has 0 bridgehead atoms. The summed E-state index contributed by atoms with van der Waals surface area (Å²) in [6.07, 6.45) is 2.01. The molecule has 7 heteroatoms. The van der Waals surface area contributed by atoms with Gasteiger partial charge in [-0.15, -0.1) is 0 Å². The molecular formula is C15H17F2NO4. The molecule has 0 spiro atoms. The molecule has 0 unspecified atom stereocenters. The molecule has 1 aromatic carbocycles. The van der Waals surface area contributed by atoms with Crippen LogP contribution in [0.4, 0.5) is 13.6 Å². The fourth-order valence-electron chi connectivity index (χ4n) is 1.54. The van der Waals surface area contributed by atoms with Crippen LogP contribution in [0, 0.1) is 11.6 Å². The molecule has 0 heterocycles. The topological polar surface area (TPSA) is 75.6 Å². The summed E-state index contributed by atoms with van der Waals surface area (Å²) in [4.78, 5) is 22.1. The van der Waals surface area contributed by atoms with E-state index in [1.54, 1.807) is 20.8 Å². The van der Waals surface area contributed by atoms with Crippen LogP contribution in [-0.2, 0) is 4.74 Å². The monoisotopic (exact) mass is 313 g/mol. The van der Waals surface area contributed by atoms with Gasteiger partial charge >= 0.3 is 12.1 Å². The number of carbonyl (C=O) groups is 2. The maximum Gasteiger partial charge on any atom is 0.407 e. The Hall–Kier alpha value is -2.44. The van der Waals surface area contributed by atoms with Crippen LogP contribution in [0.15, 0.2) is 18.2 Å². The van der Waals surface area contributed by atoms with E-state index in [0.717, 1.165) is 12.1 Å². The van der Waals surface area contributed by atoms with Crippen LogP contribution in [0.5, 0.6) is 0 Å². The second kappa shape index (κ2) is 7.02. The summed E-state index contributed by atoms with van der Waals surface area (Å²) in [5, 5.41) is 11.2. The predicted molar refractivity (Wildman–Crippen MR) is 76.6 cm³/mol. The molecular weight excluding hydrogens is 296 g/mol. The fraction of sp³-hybridized carbons (Fsp3) is 0.333. The van der Waals surface area contributed by atoms with Crippen molar-refractivity contribution in [3.63, 3.8) is 0 Å². The Morgan fingerprint density at radius 2 is 1.95 bits per heavy atom. The Labute approximate surface area is 126 Å². The second-order valence-electron chi connectivity index (χ2n) is 5.42. The zero-order valence-corrected chi connectivity index (χ0v) is 12.4. The maximum atomic E-state index is 13.8. The molecule has 1 rings (SSSR count). The molecule has 0 aliphatic heterocycles. The van der Waals surface area contributed by atoms with Gasteiger partial charge < -0.3 is 15.2 Å². The van der Waals surface area contributed by atoms with Crippen molar-refractivity contribution in [2.75, 3.05) is 6.54 Å². The van der Waals surface area contributed by atoms with Crippen molar-refractivity contribution in [3.05, 3.63) is 41.0 Å². The molecule has 1 amide bonds. The van der Waals surface area contributed by atoms with Crippen LogP contribution in [-0.4, -0.2) is 29.3 Å². The fourth-order valence-corrected chi connectivity index (χ4v) is 1.54. The van der Waals surface area contributed by atoms with Gasteiger partial charge in [0.1, 0.15) is 22.8 Å². The number of benzene rings is 1. The lowest BCUT2D eigenvalue weighted by Crippen LogP contribution is -2.32. The molecule has 0 radical (unpaired) electrons. The standard InChI is InChI=1S/C15H17F2NO4/c1-15(2,3)22-14(21)18-8-4-5-9-6-7-10(16)11(12(9)17)13(19)20/h4-7H,8H2,1-3H3,(H,18,21)(H,19,20). The van der Waals surface area contributed by atoms with E-state index in [4.69, 9.17) is 9.84 Å². The highest BCUT2D eigenvalue weighted by Crippen LogP contribution is 2.18. The number of rotatable bonds is 4. The third kappa shape index (κ3) is 5.16. The number of carboxylic acid groups (broad SMARTS) is 1. The van der Waals surface area contributed by atoms with Crippen molar-refractivity contribution in [3.8, 4) is 0 Å². The molecule has 0 aliphatic rings. The van der Waals surface area contributed by atoms with Crippen molar-refractivity contribution in [2.45, 2.75) is 26.4 Å². The van der Waals surface area contributed by atoms with E-state index in [9.17, 15) is 18.4 Å². The van der Waals surface area contributed by atoms with Gasteiger partial charge in [0.25, 0.3) is 0 Å². The van der Waals surface area contributed by atoms with E-state index in [2.05, 4.69) is 5.32 Å². The van der Waals surface area contributed by atoms with Crippen LogP contribution in [0.3, 0.4) is 0 Å². The first-order valence-electron chi connectivity index (χ1n) is 6.46. The van der Waals surface area contributed by atoms with Gasteiger partial charge in [0.2, 0.25) is 0 Å². The Kier molecular flexibility index (Phi) is 5.62. The molecule has 1 aromatic rings. The third-order valence-corrected chi connectivity index (χ3v) is 2.40. The van der Waals surface area contributed by atoms with Gasteiger partial charge in [-0.1, -0.05) is 12.2 Å². The van der Waals surface area contributed by atoms with Gasteiger partial charge in [-0.2, -0.15) is 0 Å². The lowest BCUT2D eigenvalue weighted by Gasteiger charge is -2.19. The smallest absolute Gasteiger partial charge is 0.407 e. The van der Waals surface area contributed by atoms with E-state index in [1.165, 1.54) is 12.2 Å². The average molecular weight is 313 g/mol. The summed E-state index contributed by atoms with van der Waals surface area (Å²) in [5.41, 5.74) is -1.74. The molecule has 22 heavy (non-hydrogen) atoms. The molecule has 2 N–H and O–H groups in total. The van der Waals surface area contributed by atoms with E-state index < -0.39 is 34.9 Å². The number of hydrogen-bond acceptors (Lipinski definition) is 3. The number of aromatic carboxylic acids is 1. The second-order valence-corrected chi connectivity index (χ2v) is 5.42. The quantitative estimate of drug-likeness (QED) is 0.895. The maximum absolute atomic E-state index is 13.8. The lowest BCUT2D eigenvalue weighted by molar-refractivity contribution is 0.0533. The minimum atomic E-state index is -1.68. The summed E-state index contributed by atoms with van der Waals surface area (Å²) < 4.78 is 32.0. The van der Waals surface area contributed by atoms with E-state index in [-0.39, 0.29) is 12.1 Å². The summed E-state index contributed by atoms with van der Waals surface area (Å²) in [7, 11) is 0. The number of alkyl carbamates (subject to hydrolysis) is 1. The Morgan fingerprint density at radius 3 is 2.50 bits per heavy atom. The first-order chi connectivity index (χ1) is 10.1. The van der Waals surface area contributed by atoms with Gasteiger partial charge in [0, 0.05) is 12.1 Å². The summed E-state index contributed by atoms with van der Waals surface area (Å²) in [6, 6.07) is 1.98. The number of hydrogen-bond donors (Lipinski definition) is 2. The number of amides is 1. The molecule has 5 nitrogen and oxygen atoms in total. The highest BCUT2D eigenvalue weighted by molar-refractivity contribution is 5.89. The summed E-state index contributed by atoms with van der Waals surface area (Å²) in [5.74, 6) is -3.99. The molecule has 0 saturated heterocycles. The van der Waals surface area contributed by atoms with Crippen molar-refractivity contribution >= 4 is 18.1 Å². The highest BCUT2D eigenvalue weighted by Gasteiger charge is 2.18. The van der Waals surface area contributed by atoms with Crippen molar-refractivity contribution < 1.29 is 28.2 Å². The van der Waals surface area contributed by atoms with Gasteiger partial charge in [-0.05, 0) is 32.9 Å². The molecule has 0 fully saturated rings. The average Bonchev–Trinajstić information content (AvgIpc) is 2.34. The SMILES string of the molecule is CC(C)(C)OC(=O)NCC=Cc1ccc(F)c(C(=O)O)c1F. The zero-order chi connectivity index (χ0) is 16.9. The number of carbonyl (C=O) groups excluding carboxylic acids is 1. The first-order valence-corrected chi connectivity index (χ1v) is 6.46. The largest absolute Gasteiger partial charge is 0.477 e. The van der Waals surface area contributed by atoms with Crippen molar-refractivity contribution in [2.24, 2.45) is 0 Å². The van der Waals surface area contributed by atoms with Crippen LogP contribution >= 0.6 is 0 Å². The Morgan fingerprint density at radius 1 is 1.32 bits per heavy atom. The van der Waals surface area contributed by atoms with E-state index in [0.29, 0.717) is 0 Å². The van der Waals surface area contributed by atoms with Crippen molar-refractivity contribution in [1.82, 2.24) is 5.32 Å². The van der Waals surface area contributed by atoms with Crippen LogP contribution in [0.2, 0.25) is 0 Å².